The number of benzene rings is 1. The summed E-state index contributed by atoms with van der Waals surface area (Å²) in [6.45, 7) is 10.5. The van der Waals surface area contributed by atoms with Gasteiger partial charge in [-0.1, -0.05) is 39.8 Å². The lowest BCUT2D eigenvalue weighted by Gasteiger charge is -2.10. The quantitative estimate of drug-likeness (QED) is 0.334. The van der Waals surface area contributed by atoms with E-state index in [0.29, 0.717) is 38.2 Å². The Balaban J connectivity index is 0.00000625. The van der Waals surface area contributed by atoms with Gasteiger partial charge in [-0.05, 0) is 30.2 Å². The fourth-order valence-corrected chi connectivity index (χ4v) is 1.79. The summed E-state index contributed by atoms with van der Waals surface area (Å²) in [5, 5.41) is 3.16. The molecule has 1 aromatic rings. The summed E-state index contributed by atoms with van der Waals surface area (Å²) < 4.78 is 16.5. The van der Waals surface area contributed by atoms with Crippen LogP contribution >= 0.6 is 0 Å². The number of carbonyl (C=O) groups excluding carboxylic acids is 1. The average molecular weight is 351 g/mol. The number of Topliss-reactive ketones (excluding diaryl/α,β-unsaturated/α-hetero) is 1. The lowest BCUT2D eigenvalue weighted by atomic mass is 10.1. The molecule has 0 atom stereocenters. The third-order valence-electron chi connectivity index (χ3n) is 3.34. The van der Waals surface area contributed by atoms with E-state index in [1.54, 1.807) is 12.1 Å². The molecular formula is C20H33NO4. The predicted molar refractivity (Wildman–Crippen MR) is 102 cm³/mol. The largest absolute Gasteiger partial charge is 0.492 e. The zero-order valence-corrected chi connectivity index (χ0v) is 15.8. The van der Waals surface area contributed by atoms with Crippen LogP contribution in [0.4, 0.5) is 0 Å². The molecule has 0 bridgehead atoms. The Kier molecular flexibility index (Phi) is 10.6. The molecule has 142 valence electrons. The highest BCUT2D eigenvalue weighted by atomic mass is 16.5. The smallest absolute Gasteiger partial charge is 0.172 e. The van der Waals surface area contributed by atoms with Gasteiger partial charge in [0, 0.05) is 13.9 Å². The molecule has 1 N–H and O–H groups in total. The standard InChI is InChI=1S/C20H31NO4.H2/c1-16(2)6-5-12-23-15-21-11-13-24-18-7-9-19(10-8-18)25-14-20(22)17(3)4;/h5-10,16-17,21H,11-15H2,1-4H3;1H/b6-5+;. The summed E-state index contributed by atoms with van der Waals surface area (Å²) >= 11 is 0. The van der Waals surface area contributed by atoms with Crippen LogP contribution in [0.5, 0.6) is 11.5 Å². The van der Waals surface area contributed by atoms with Crippen LogP contribution in [0.1, 0.15) is 29.1 Å². The minimum absolute atomic E-state index is 0. The van der Waals surface area contributed by atoms with Crippen molar-refractivity contribution in [1.29, 1.82) is 0 Å². The number of rotatable bonds is 13. The van der Waals surface area contributed by atoms with E-state index >= 15 is 0 Å². The predicted octanol–water partition coefficient (Wildman–Crippen LogP) is 3.69. The number of carbonyl (C=O) groups is 1. The van der Waals surface area contributed by atoms with Gasteiger partial charge in [0.2, 0.25) is 0 Å². The molecule has 0 spiro atoms. The molecule has 0 aliphatic rings. The van der Waals surface area contributed by atoms with Crippen LogP contribution in [-0.2, 0) is 9.53 Å². The van der Waals surface area contributed by atoms with Crippen molar-refractivity contribution >= 4 is 5.78 Å². The minimum atomic E-state index is -0.00897. The van der Waals surface area contributed by atoms with Crippen molar-refractivity contribution in [3.63, 3.8) is 0 Å². The molecular weight excluding hydrogens is 318 g/mol. The van der Waals surface area contributed by atoms with E-state index in [1.807, 2.05) is 32.1 Å². The van der Waals surface area contributed by atoms with Gasteiger partial charge in [0.25, 0.3) is 0 Å². The van der Waals surface area contributed by atoms with Crippen LogP contribution in [0.2, 0.25) is 0 Å². The Bertz CT molecular complexity index is 515. The fourth-order valence-electron chi connectivity index (χ4n) is 1.79. The van der Waals surface area contributed by atoms with Gasteiger partial charge in [0.1, 0.15) is 24.7 Å². The van der Waals surface area contributed by atoms with Gasteiger partial charge in [0.05, 0.1) is 13.3 Å². The first-order valence-corrected chi connectivity index (χ1v) is 8.82. The van der Waals surface area contributed by atoms with Crippen LogP contribution in [0, 0.1) is 11.8 Å². The van der Waals surface area contributed by atoms with Gasteiger partial charge in [-0.3, -0.25) is 10.1 Å². The summed E-state index contributed by atoms with van der Waals surface area (Å²) in [5.74, 6) is 2.07. The highest BCUT2D eigenvalue weighted by Gasteiger charge is 2.07. The molecule has 0 unspecified atom stereocenters. The van der Waals surface area contributed by atoms with Crippen LogP contribution in [0.25, 0.3) is 0 Å². The number of hydrogen-bond donors (Lipinski definition) is 1. The molecule has 0 aliphatic carbocycles. The van der Waals surface area contributed by atoms with Crippen LogP contribution in [-0.4, -0.2) is 38.9 Å². The van der Waals surface area contributed by atoms with Crippen LogP contribution in [0.15, 0.2) is 36.4 Å². The number of nitrogens with one attached hydrogen (secondary N) is 1. The summed E-state index contributed by atoms with van der Waals surface area (Å²) in [5.41, 5.74) is 0. The first-order chi connectivity index (χ1) is 12.0. The Hall–Kier alpha value is -1.85. The van der Waals surface area contributed by atoms with Crippen molar-refractivity contribution in [2.24, 2.45) is 11.8 Å². The van der Waals surface area contributed by atoms with E-state index in [1.165, 1.54) is 0 Å². The SMILES string of the molecule is CC(C)/C=C/COCNCCOc1ccc(OCC(=O)C(C)C)cc1.[HH]. The normalized spacial score (nSPS) is 11.4. The molecule has 1 aromatic carbocycles. The van der Waals surface area contributed by atoms with Gasteiger partial charge >= 0.3 is 0 Å². The molecule has 0 aromatic heterocycles. The maximum Gasteiger partial charge on any atom is 0.172 e. The molecule has 5 heteroatoms. The Morgan fingerprint density at radius 3 is 2.36 bits per heavy atom. The maximum atomic E-state index is 11.5. The third-order valence-corrected chi connectivity index (χ3v) is 3.34. The summed E-state index contributed by atoms with van der Waals surface area (Å²) in [4.78, 5) is 11.5. The van der Waals surface area contributed by atoms with Crippen molar-refractivity contribution < 1.29 is 20.4 Å². The van der Waals surface area contributed by atoms with E-state index in [9.17, 15) is 4.79 Å². The molecule has 0 heterocycles. The third kappa shape index (κ3) is 10.6. The van der Waals surface area contributed by atoms with E-state index in [2.05, 4.69) is 25.2 Å². The molecule has 0 amide bonds. The molecule has 25 heavy (non-hydrogen) atoms. The van der Waals surface area contributed by atoms with Gasteiger partial charge in [-0.25, -0.2) is 0 Å². The van der Waals surface area contributed by atoms with Gasteiger partial charge in [0.15, 0.2) is 5.78 Å². The zero-order valence-electron chi connectivity index (χ0n) is 15.8. The molecule has 5 nitrogen and oxygen atoms in total. The molecule has 0 aliphatic heterocycles. The number of ketones is 1. The molecule has 1 rings (SSSR count). The fraction of sp³-hybridized carbons (Fsp3) is 0.550. The van der Waals surface area contributed by atoms with E-state index < -0.39 is 0 Å². The molecule has 0 saturated heterocycles. The second kappa shape index (κ2) is 12.5. The molecule has 0 fully saturated rings. The van der Waals surface area contributed by atoms with Gasteiger partial charge in [-0.15, -0.1) is 0 Å². The first-order valence-electron chi connectivity index (χ1n) is 8.82. The Labute approximate surface area is 152 Å². The second-order valence-electron chi connectivity index (χ2n) is 6.42. The minimum Gasteiger partial charge on any atom is -0.492 e. The topological polar surface area (TPSA) is 56.8 Å². The van der Waals surface area contributed by atoms with Crippen molar-refractivity contribution in [3.05, 3.63) is 36.4 Å². The Morgan fingerprint density at radius 2 is 1.76 bits per heavy atom. The first kappa shape index (κ1) is 21.2. The molecule has 0 radical (unpaired) electrons. The van der Waals surface area contributed by atoms with Crippen LogP contribution < -0.4 is 14.8 Å². The van der Waals surface area contributed by atoms with E-state index in [0.717, 1.165) is 5.75 Å². The summed E-state index contributed by atoms with van der Waals surface area (Å²) in [7, 11) is 0. The molecule has 0 saturated carbocycles. The monoisotopic (exact) mass is 351 g/mol. The number of allylic oxidation sites excluding steroid dienone is 1. The second-order valence-corrected chi connectivity index (χ2v) is 6.42. The lowest BCUT2D eigenvalue weighted by Crippen LogP contribution is -2.23. The van der Waals surface area contributed by atoms with E-state index in [-0.39, 0.29) is 19.7 Å². The maximum absolute atomic E-state index is 11.5. The van der Waals surface area contributed by atoms with Crippen molar-refractivity contribution in [2.45, 2.75) is 27.7 Å². The average Bonchev–Trinajstić information content (AvgIpc) is 2.58. The number of hydrogen-bond acceptors (Lipinski definition) is 5. The Morgan fingerprint density at radius 1 is 1.12 bits per heavy atom. The zero-order chi connectivity index (χ0) is 18.5. The lowest BCUT2D eigenvalue weighted by molar-refractivity contribution is -0.123. The van der Waals surface area contributed by atoms with Gasteiger partial charge < -0.3 is 14.2 Å². The van der Waals surface area contributed by atoms with Crippen molar-refractivity contribution in [3.8, 4) is 11.5 Å². The van der Waals surface area contributed by atoms with Crippen molar-refractivity contribution in [1.82, 2.24) is 5.32 Å². The summed E-state index contributed by atoms with van der Waals surface area (Å²) in [6, 6.07) is 7.28. The van der Waals surface area contributed by atoms with Gasteiger partial charge in [-0.2, -0.15) is 0 Å². The number of ether oxygens (including phenoxy) is 3. The van der Waals surface area contributed by atoms with Crippen LogP contribution in [0.3, 0.4) is 0 Å². The highest BCUT2D eigenvalue weighted by molar-refractivity contribution is 5.81. The highest BCUT2D eigenvalue weighted by Crippen LogP contribution is 2.17. The summed E-state index contributed by atoms with van der Waals surface area (Å²) in [6.07, 6.45) is 4.15. The van der Waals surface area contributed by atoms with Crippen molar-refractivity contribution in [2.75, 3.05) is 33.1 Å². The van der Waals surface area contributed by atoms with E-state index in [4.69, 9.17) is 14.2 Å².